The molecule has 0 aromatic rings. The lowest BCUT2D eigenvalue weighted by molar-refractivity contribution is -0.142. The number of alkyl halides is 3. The number of hydrogen-bond acceptors (Lipinski definition) is 3. The summed E-state index contributed by atoms with van der Waals surface area (Å²) in [6.07, 6.45) is -3.03. The summed E-state index contributed by atoms with van der Waals surface area (Å²) in [5.74, 6) is 1.89. The molecule has 0 amide bonds. The van der Waals surface area contributed by atoms with Gasteiger partial charge in [-0.25, -0.2) is 0 Å². The average molecular weight is 340 g/mol. The highest BCUT2D eigenvalue weighted by molar-refractivity contribution is 8.00. The van der Waals surface area contributed by atoms with Crippen LogP contribution in [0.5, 0.6) is 0 Å². The van der Waals surface area contributed by atoms with Crippen molar-refractivity contribution in [2.45, 2.75) is 31.7 Å². The molecule has 0 saturated carbocycles. The first-order chi connectivity index (χ1) is 10.4. The van der Waals surface area contributed by atoms with Crippen molar-refractivity contribution in [3.05, 3.63) is 0 Å². The first-order valence-electron chi connectivity index (χ1n) is 7.75. The fraction of sp³-hybridized carbons (Fsp3) is 0.929. The van der Waals surface area contributed by atoms with E-state index in [9.17, 15) is 13.2 Å². The number of rotatable bonds is 6. The zero-order chi connectivity index (χ0) is 16.6. The third-order valence-electron chi connectivity index (χ3n) is 3.42. The van der Waals surface area contributed by atoms with Crippen molar-refractivity contribution in [1.82, 2.24) is 15.1 Å². The number of guanidine groups is 1. The predicted molar refractivity (Wildman–Crippen MR) is 87.6 cm³/mol. The summed E-state index contributed by atoms with van der Waals surface area (Å²) in [4.78, 5) is 7.97. The van der Waals surface area contributed by atoms with Crippen LogP contribution in [0.3, 0.4) is 0 Å². The molecule has 0 spiro atoms. The SMILES string of the molecule is CCNC(=NCCN(C)CC(F)(F)F)N1CCSC(CC)C1. The highest BCUT2D eigenvalue weighted by atomic mass is 32.2. The molecular weight excluding hydrogens is 313 g/mol. The molecule has 1 aliphatic heterocycles. The second-order valence-electron chi connectivity index (χ2n) is 5.44. The van der Waals surface area contributed by atoms with Crippen LogP contribution < -0.4 is 5.32 Å². The largest absolute Gasteiger partial charge is 0.401 e. The monoisotopic (exact) mass is 340 g/mol. The van der Waals surface area contributed by atoms with Gasteiger partial charge in [0.1, 0.15) is 0 Å². The predicted octanol–water partition coefficient (Wildman–Crippen LogP) is 2.27. The Balaban J connectivity index is 2.51. The van der Waals surface area contributed by atoms with E-state index >= 15 is 0 Å². The van der Waals surface area contributed by atoms with Crippen LogP contribution in [0, 0.1) is 0 Å². The number of nitrogens with zero attached hydrogens (tertiary/aromatic N) is 3. The molecule has 1 heterocycles. The summed E-state index contributed by atoms with van der Waals surface area (Å²) in [6.45, 7) is 6.61. The van der Waals surface area contributed by atoms with Gasteiger partial charge in [0.2, 0.25) is 0 Å². The molecule has 1 aliphatic rings. The van der Waals surface area contributed by atoms with Crippen LogP contribution in [0.4, 0.5) is 13.2 Å². The van der Waals surface area contributed by atoms with Crippen molar-refractivity contribution in [2.24, 2.45) is 4.99 Å². The van der Waals surface area contributed by atoms with Crippen LogP contribution in [0.2, 0.25) is 0 Å². The summed E-state index contributed by atoms with van der Waals surface area (Å²) in [5.41, 5.74) is 0. The van der Waals surface area contributed by atoms with E-state index in [0.29, 0.717) is 18.3 Å². The average Bonchev–Trinajstić information content (AvgIpc) is 2.44. The van der Waals surface area contributed by atoms with Gasteiger partial charge in [-0.05, 0) is 20.4 Å². The van der Waals surface area contributed by atoms with E-state index in [1.54, 1.807) is 0 Å². The van der Waals surface area contributed by atoms with E-state index in [-0.39, 0.29) is 0 Å². The van der Waals surface area contributed by atoms with E-state index in [4.69, 9.17) is 0 Å². The van der Waals surface area contributed by atoms with Gasteiger partial charge in [-0.2, -0.15) is 24.9 Å². The summed E-state index contributed by atoms with van der Waals surface area (Å²) in [6, 6.07) is 0. The molecule has 0 aromatic heterocycles. The molecule has 0 aliphatic carbocycles. The Morgan fingerprint density at radius 2 is 2.14 bits per heavy atom. The highest BCUT2D eigenvalue weighted by Gasteiger charge is 2.29. The topological polar surface area (TPSA) is 30.9 Å². The zero-order valence-corrected chi connectivity index (χ0v) is 14.4. The van der Waals surface area contributed by atoms with Crippen LogP contribution in [0.25, 0.3) is 0 Å². The van der Waals surface area contributed by atoms with Gasteiger partial charge < -0.3 is 10.2 Å². The molecule has 0 radical (unpaired) electrons. The molecule has 0 bridgehead atoms. The second kappa shape index (κ2) is 9.50. The van der Waals surface area contributed by atoms with Gasteiger partial charge in [0.15, 0.2) is 5.96 Å². The number of nitrogens with one attached hydrogen (secondary N) is 1. The molecule has 1 atom stereocenters. The normalized spacial score (nSPS) is 20.6. The van der Waals surface area contributed by atoms with Crippen LogP contribution in [-0.2, 0) is 0 Å². The molecule has 4 nitrogen and oxygen atoms in total. The number of aliphatic imine (C=N–C) groups is 1. The summed E-state index contributed by atoms with van der Waals surface area (Å²) >= 11 is 1.98. The lowest BCUT2D eigenvalue weighted by Crippen LogP contribution is -2.48. The molecule has 1 saturated heterocycles. The number of likely N-dealkylation sites (N-methyl/N-ethyl adjacent to an activating group) is 1. The molecule has 1 rings (SSSR count). The van der Waals surface area contributed by atoms with Gasteiger partial charge in [0.25, 0.3) is 0 Å². The van der Waals surface area contributed by atoms with Gasteiger partial charge in [-0.1, -0.05) is 6.92 Å². The Hall–Kier alpha value is -0.630. The van der Waals surface area contributed by atoms with Gasteiger partial charge in [-0.3, -0.25) is 9.89 Å². The fourth-order valence-electron chi connectivity index (χ4n) is 2.30. The van der Waals surface area contributed by atoms with Crippen molar-refractivity contribution < 1.29 is 13.2 Å². The first kappa shape index (κ1) is 19.4. The van der Waals surface area contributed by atoms with Crippen LogP contribution >= 0.6 is 11.8 Å². The van der Waals surface area contributed by atoms with Gasteiger partial charge >= 0.3 is 6.18 Å². The first-order valence-corrected chi connectivity index (χ1v) is 8.80. The highest BCUT2D eigenvalue weighted by Crippen LogP contribution is 2.21. The second-order valence-corrected chi connectivity index (χ2v) is 6.84. The Labute approximate surface area is 135 Å². The van der Waals surface area contributed by atoms with E-state index in [2.05, 4.69) is 22.1 Å². The van der Waals surface area contributed by atoms with Crippen molar-refractivity contribution in [3.8, 4) is 0 Å². The number of halogens is 3. The maximum atomic E-state index is 12.3. The smallest absolute Gasteiger partial charge is 0.357 e. The summed E-state index contributed by atoms with van der Waals surface area (Å²) in [7, 11) is 1.47. The van der Waals surface area contributed by atoms with Crippen molar-refractivity contribution in [2.75, 3.05) is 52.1 Å². The van der Waals surface area contributed by atoms with E-state index in [0.717, 1.165) is 37.8 Å². The fourth-order valence-corrected chi connectivity index (χ4v) is 3.48. The molecule has 1 N–H and O–H groups in total. The van der Waals surface area contributed by atoms with Crippen molar-refractivity contribution >= 4 is 17.7 Å². The molecule has 130 valence electrons. The Morgan fingerprint density at radius 1 is 1.41 bits per heavy atom. The van der Waals surface area contributed by atoms with Crippen molar-refractivity contribution in [1.29, 1.82) is 0 Å². The lowest BCUT2D eigenvalue weighted by atomic mass is 10.3. The minimum Gasteiger partial charge on any atom is -0.357 e. The molecule has 0 aromatic carbocycles. The van der Waals surface area contributed by atoms with Crippen LogP contribution in [0.15, 0.2) is 4.99 Å². The minimum absolute atomic E-state index is 0.300. The zero-order valence-electron chi connectivity index (χ0n) is 13.6. The lowest BCUT2D eigenvalue weighted by Gasteiger charge is -2.34. The number of hydrogen-bond donors (Lipinski definition) is 1. The van der Waals surface area contributed by atoms with Crippen LogP contribution in [0.1, 0.15) is 20.3 Å². The van der Waals surface area contributed by atoms with Gasteiger partial charge in [0, 0.05) is 37.2 Å². The Bertz CT molecular complexity index is 349. The molecule has 1 fully saturated rings. The maximum Gasteiger partial charge on any atom is 0.401 e. The minimum atomic E-state index is -4.15. The van der Waals surface area contributed by atoms with Gasteiger partial charge in [0.05, 0.1) is 13.1 Å². The van der Waals surface area contributed by atoms with E-state index in [1.807, 2.05) is 18.7 Å². The molecule has 8 heteroatoms. The van der Waals surface area contributed by atoms with Crippen molar-refractivity contribution in [3.63, 3.8) is 0 Å². The Morgan fingerprint density at radius 3 is 2.73 bits per heavy atom. The third kappa shape index (κ3) is 7.58. The third-order valence-corrected chi connectivity index (χ3v) is 4.79. The summed E-state index contributed by atoms with van der Waals surface area (Å²) < 4.78 is 36.9. The molecule has 1 unspecified atom stereocenters. The van der Waals surface area contributed by atoms with E-state index in [1.165, 1.54) is 11.9 Å². The quantitative estimate of drug-likeness (QED) is 0.594. The maximum absolute atomic E-state index is 12.3. The van der Waals surface area contributed by atoms with Crippen LogP contribution in [-0.4, -0.2) is 79.3 Å². The standard InChI is InChI=1S/C14H27F3N4S/c1-4-12-10-21(8-9-22-12)13(18-5-2)19-6-7-20(3)11-14(15,16)17/h12H,4-11H2,1-3H3,(H,18,19). The summed E-state index contributed by atoms with van der Waals surface area (Å²) in [5, 5.41) is 3.85. The molecule has 22 heavy (non-hydrogen) atoms. The number of thioether (sulfide) groups is 1. The van der Waals surface area contributed by atoms with Gasteiger partial charge in [-0.15, -0.1) is 0 Å². The van der Waals surface area contributed by atoms with E-state index < -0.39 is 12.7 Å². The molecular formula is C14H27F3N4S. The Kier molecular flexibility index (Phi) is 8.38.